The van der Waals surface area contributed by atoms with E-state index in [1.807, 2.05) is 15.9 Å². The first-order valence-electron chi connectivity index (χ1n) is 10.5. The van der Waals surface area contributed by atoms with Crippen LogP contribution in [0.25, 0.3) is 5.65 Å². The molecule has 30 heavy (non-hydrogen) atoms. The van der Waals surface area contributed by atoms with Crippen molar-refractivity contribution in [2.75, 3.05) is 24.5 Å². The fourth-order valence-electron chi connectivity index (χ4n) is 4.57. The van der Waals surface area contributed by atoms with E-state index in [4.69, 9.17) is 4.98 Å². The predicted octanol–water partition coefficient (Wildman–Crippen LogP) is 3.98. The van der Waals surface area contributed by atoms with Crippen molar-refractivity contribution in [2.24, 2.45) is 0 Å². The predicted molar refractivity (Wildman–Crippen MR) is 108 cm³/mol. The summed E-state index contributed by atoms with van der Waals surface area (Å²) in [4.78, 5) is 21.6. The molecule has 4 heterocycles. The van der Waals surface area contributed by atoms with Crippen LogP contribution in [0.3, 0.4) is 0 Å². The van der Waals surface area contributed by atoms with E-state index in [1.54, 1.807) is 16.9 Å². The Hall–Kier alpha value is -3.03. The molecule has 6 nitrogen and oxygen atoms in total. The van der Waals surface area contributed by atoms with Crippen molar-refractivity contribution in [1.82, 2.24) is 19.5 Å². The second-order valence-corrected chi connectivity index (χ2v) is 7.98. The Morgan fingerprint density at radius 1 is 1.03 bits per heavy atom. The number of likely N-dealkylation sites (tertiary alicyclic amines) is 1. The lowest BCUT2D eigenvalue weighted by atomic mass is 10.0. The first-order chi connectivity index (χ1) is 14.6. The Balaban J connectivity index is 1.50. The summed E-state index contributed by atoms with van der Waals surface area (Å²) in [6.45, 7) is 2.19. The van der Waals surface area contributed by atoms with Crippen LogP contribution in [0.15, 0.2) is 36.7 Å². The molecule has 156 valence electrons. The molecule has 0 spiro atoms. The van der Waals surface area contributed by atoms with Crippen molar-refractivity contribution in [3.8, 4) is 0 Å². The Morgan fingerprint density at radius 3 is 2.70 bits per heavy atom. The minimum absolute atomic E-state index is 0.0523. The molecule has 0 unspecified atom stereocenters. The summed E-state index contributed by atoms with van der Waals surface area (Å²) in [6.07, 6.45) is 8.07. The molecule has 0 saturated carbocycles. The Labute approximate surface area is 173 Å². The first kappa shape index (κ1) is 19.0. The Morgan fingerprint density at radius 2 is 1.87 bits per heavy atom. The molecular weight excluding hydrogens is 388 g/mol. The highest BCUT2D eigenvalue weighted by atomic mass is 19.1. The number of hydrogen-bond donors (Lipinski definition) is 0. The van der Waals surface area contributed by atoms with Crippen LogP contribution in [0, 0.1) is 11.6 Å². The van der Waals surface area contributed by atoms with Gasteiger partial charge in [0.25, 0.3) is 5.91 Å². The maximum absolute atomic E-state index is 14.4. The van der Waals surface area contributed by atoms with E-state index in [0.29, 0.717) is 35.6 Å². The van der Waals surface area contributed by atoms with Crippen LogP contribution >= 0.6 is 0 Å². The maximum Gasteiger partial charge on any atom is 0.259 e. The molecule has 2 fully saturated rings. The highest BCUT2D eigenvalue weighted by molar-refractivity contribution is 5.99. The summed E-state index contributed by atoms with van der Waals surface area (Å²) in [5.74, 6) is -0.281. The molecule has 1 atom stereocenters. The van der Waals surface area contributed by atoms with Gasteiger partial charge in [-0.1, -0.05) is 0 Å². The molecule has 1 amide bonds. The number of carbonyl (C=O) groups is 1. The van der Waals surface area contributed by atoms with Gasteiger partial charge in [0, 0.05) is 31.4 Å². The monoisotopic (exact) mass is 411 g/mol. The number of benzene rings is 1. The fourth-order valence-corrected chi connectivity index (χ4v) is 4.57. The van der Waals surface area contributed by atoms with Crippen molar-refractivity contribution >= 4 is 17.4 Å². The number of aromatic nitrogens is 3. The van der Waals surface area contributed by atoms with E-state index in [2.05, 4.69) is 5.10 Å². The summed E-state index contributed by atoms with van der Waals surface area (Å²) >= 11 is 0. The van der Waals surface area contributed by atoms with Gasteiger partial charge in [-0.25, -0.2) is 18.3 Å². The van der Waals surface area contributed by atoms with E-state index in [9.17, 15) is 13.6 Å². The second-order valence-electron chi connectivity index (χ2n) is 7.98. The zero-order valence-corrected chi connectivity index (χ0v) is 16.6. The maximum atomic E-state index is 14.4. The van der Waals surface area contributed by atoms with Gasteiger partial charge < -0.3 is 9.80 Å². The SMILES string of the molecule is O=C(c1cnn2ccc(N3CCC[C@@H]3c3cc(F)ccc3F)nc12)N1CCCCC1. The summed E-state index contributed by atoms with van der Waals surface area (Å²) < 4.78 is 29.8. The van der Waals surface area contributed by atoms with Crippen LogP contribution < -0.4 is 4.90 Å². The first-order valence-corrected chi connectivity index (χ1v) is 10.5. The number of fused-ring (bicyclic) bond motifs is 1. The number of halogens is 2. The Kier molecular flexibility index (Phi) is 4.84. The normalized spacial score (nSPS) is 19.6. The van der Waals surface area contributed by atoms with Crippen LogP contribution in [0.5, 0.6) is 0 Å². The van der Waals surface area contributed by atoms with Gasteiger partial charge in [-0.3, -0.25) is 4.79 Å². The van der Waals surface area contributed by atoms with Gasteiger partial charge in [0.15, 0.2) is 5.65 Å². The van der Waals surface area contributed by atoms with Gasteiger partial charge in [-0.05, 0) is 56.4 Å². The molecular formula is C22H23F2N5O. The molecule has 2 aliphatic heterocycles. The van der Waals surface area contributed by atoms with E-state index >= 15 is 0 Å². The van der Waals surface area contributed by atoms with Crippen LogP contribution in [0.4, 0.5) is 14.6 Å². The third-order valence-corrected chi connectivity index (χ3v) is 6.09. The molecule has 5 rings (SSSR count). The summed E-state index contributed by atoms with van der Waals surface area (Å²) in [7, 11) is 0. The lowest BCUT2D eigenvalue weighted by Gasteiger charge is -2.27. The van der Waals surface area contributed by atoms with Gasteiger partial charge in [-0.15, -0.1) is 0 Å². The number of hydrogen-bond acceptors (Lipinski definition) is 4. The average Bonchev–Trinajstić information content (AvgIpc) is 3.42. The van der Waals surface area contributed by atoms with Gasteiger partial charge in [-0.2, -0.15) is 5.10 Å². The van der Waals surface area contributed by atoms with Crippen molar-refractivity contribution in [1.29, 1.82) is 0 Å². The van der Waals surface area contributed by atoms with Crippen LogP contribution in [-0.2, 0) is 0 Å². The van der Waals surface area contributed by atoms with Crippen LogP contribution in [-0.4, -0.2) is 45.0 Å². The van der Waals surface area contributed by atoms with Gasteiger partial charge in [0.2, 0.25) is 0 Å². The zero-order valence-electron chi connectivity index (χ0n) is 16.6. The lowest BCUT2D eigenvalue weighted by molar-refractivity contribution is 0.0726. The third kappa shape index (κ3) is 3.30. The lowest BCUT2D eigenvalue weighted by Crippen LogP contribution is -2.35. The number of carbonyl (C=O) groups excluding carboxylic acids is 1. The van der Waals surface area contributed by atoms with Gasteiger partial charge >= 0.3 is 0 Å². The van der Waals surface area contributed by atoms with Crippen molar-refractivity contribution in [3.63, 3.8) is 0 Å². The summed E-state index contributed by atoms with van der Waals surface area (Å²) in [6, 6.07) is 5.09. The van der Waals surface area contributed by atoms with Crippen molar-refractivity contribution in [2.45, 2.75) is 38.1 Å². The summed E-state index contributed by atoms with van der Waals surface area (Å²) in [5, 5.41) is 4.28. The second kappa shape index (κ2) is 7.66. The van der Waals surface area contributed by atoms with Crippen molar-refractivity contribution < 1.29 is 13.6 Å². The quantitative estimate of drug-likeness (QED) is 0.654. The number of amides is 1. The van der Waals surface area contributed by atoms with E-state index < -0.39 is 11.6 Å². The molecule has 0 radical (unpaired) electrons. The Bertz CT molecular complexity index is 1090. The number of rotatable bonds is 3. The van der Waals surface area contributed by atoms with E-state index in [-0.39, 0.29) is 11.9 Å². The molecule has 0 aliphatic carbocycles. The number of anilines is 1. The topological polar surface area (TPSA) is 53.7 Å². The standard InChI is InChI=1S/C22H23F2N5O/c23-15-6-7-18(24)16(13-15)19-5-4-11-28(19)20-8-12-29-21(26-20)17(14-25-29)22(30)27-9-2-1-3-10-27/h6-8,12-14,19H,1-5,9-11H2/t19-/m1/s1. The van der Waals surface area contributed by atoms with Gasteiger partial charge in [0.1, 0.15) is 23.0 Å². The van der Waals surface area contributed by atoms with E-state index in [0.717, 1.165) is 44.8 Å². The smallest absolute Gasteiger partial charge is 0.259 e. The van der Waals surface area contributed by atoms with Crippen LogP contribution in [0.1, 0.15) is 54.1 Å². The number of nitrogens with zero attached hydrogens (tertiary/aromatic N) is 5. The largest absolute Gasteiger partial charge is 0.349 e. The average molecular weight is 411 g/mol. The molecule has 3 aromatic rings. The molecule has 2 aliphatic rings. The fraction of sp³-hybridized carbons (Fsp3) is 0.409. The molecule has 8 heteroatoms. The summed E-state index contributed by atoms with van der Waals surface area (Å²) in [5.41, 5.74) is 1.31. The minimum atomic E-state index is -0.452. The molecule has 2 aromatic heterocycles. The van der Waals surface area contributed by atoms with E-state index in [1.165, 1.54) is 12.1 Å². The van der Waals surface area contributed by atoms with Crippen LogP contribution in [0.2, 0.25) is 0 Å². The van der Waals surface area contributed by atoms with Crippen molar-refractivity contribution in [3.05, 3.63) is 59.4 Å². The highest BCUT2D eigenvalue weighted by Crippen LogP contribution is 2.37. The van der Waals surface area contributed by atoms with Gasteiger partial charge in [0.05, 0.1) is 12.2 Å². The molecule has 2 saturated heterocycles. The molecule has 0 bridgehead atoms. The minimum Gasteiger partial charge on any atom is -0.349 e. The number of piperidine rings is 1. The zero-order chi connectivity index (χ0) is 20.7. The third-order valence-electron chi connectivity index (χ3n) is 6.09. The molecule has 1 aromatic carbocycles. The molecule has 0 N–H and O–H groups in total. The highest BCUT2D eigenvalue weighted by Gasteiger charge is 2.30.